The van der Waals surface area contributed by atoms with Gasteiger partial charge in [0.25, 0.3) is 5.91 Å². The minimum Gasteiger partial charge on any atom is -0.355 e. The van der Waals surface area contributed by atoms with E-state index in [9.17, 15) is 9.59 Å². The fourth-order valence-electron chi connectivity index (χ4n) is 2.76. The van der Waals surface area contributed by atoms with E-state index in [-0.39, 0.29) is 18.4 Å². The van der Waals surface area contributed by atoms with Gasteiger partial charge in [-0.2, -0.15) is 0 Å². The maximum absolute atomic E-state index is 12.1. The van der Waals surface area contributed by atoms with Crippen LogP contribution < -0.4 is 10.6 Å². The molecule has 0 atom stereocenters. The Morgan fingerprint density at radius 2 is 1.70 bits per heavy atom. The molecule has 0 aromatic heterocycles. The highest BCUT2D eigenvalue weighted by molar-refractivity contribution is 5.96. The van der Waals surface area contributed by atoms with Crippen molar-refractivity contribution in [2.45, 2.75) is 26.8 Å². The summed E-state index contributed by atoms with van der Waals surface area (Å²) in [5.74, 6) is -0.395. The summed E-state index contributed by atoms with van der Waals surface area (Å²) >= 11 is 0. The van der Waals surface area contributed by atoms with E-state index in [1.165, 1.54) is 5.56 Å². The SMILES string of the molecule is Cc1ccc(C(=O)NCC(=O)NCCCN(C)Cc2ccccc2)cc1C. The normalized spacial score (nSPS) is 10.7. The number of hydrogen-bond acceptors (Lipinski definition) is 3. The highest BCUT2D eigenvalue weighted by atomic mass is 16.2. The van der Waals surface area contributed by atoms with Gasteiger partial charge in [0.1, 0.15) is 0 Å². The lowest BCUT2D eigenvalue weighted by atomic mass is 10.1. The molecule has 0 saturated heterocycles. The first-order valence-electron chi connectivity index (χ1n) is 9.30. The Morgan fingerprint density at radius 1 is 0.963 bits per heavy atom. The summed E-state index contributed by atoms with van der Waals surface area (Å²) in [6, 6.07) is 15.8. The summed E-state index contributed by atoms with van der Waals surface area (Å²) < 4.78 is 0. The van der Waals surface area contributed by atoms with Crippen molar-refractivity contribution in [3.8, 4) is 0 Å². The first-order valence-corrected chi connectivity index (χ1v) is 9.30. The molecule has 0 saturated carbocycles. The van der Waals surface area contributed by atoms with E-state index in [2.05, 4.69) is 34.7 Å². The average Bonchev–Trinajstić information content (AvgIpc) is 2.66. The van der Waals surface area contributed by atoms with Crippen molar-refractivity contribution in [3.05, 3.63) is 70.8 Å². The smallest absolute Gasteiger partial charge is 0.251 e. The van der Waals surface area contributed by atoms with Crippen LogP contribution in [0, 0.1) is 13.8 Å². The van der Waals surface area contributed by atoms with Gasteiger partial charge in [-0.1, -0.05) is 36.4 Å². The van der Waals surface area contributed by atoms with E-state index in [0.29, 0.717) is 12.1 Å². The van der Waals surface area contributed by atoms with E-state index < -0.39 is 0 Å². The van der Waals surface area contributed by atoms with E-state index >= 15 is 0 Å². The Morgan fingerprint density at radius 3 is 2.41 bits per heavy atom. The van der Waals surface area contributed by atoms with Gasteiger partial charge in [-0.3, -0.25) is 9.59 Å². The van der Waals surface area contributed by atoms with Gasteiger partial charge in [-0.05, 0) is 62.7 Å². The highest BCUT2D eigenvalue weighted by Gasteiger charge is 2.09. The standard InChI is InChI=1S/C22H29N3O2/c1-17-10-11-20(14-18(17)2)22(27)24-15-21(26)23-12-7-13-25(3)16-19-8-5-4-6-9-19/h4-6,8-11,14H,7,12-13,15-16H2,1-3H3,(H,23,26)(H,24,27). The summed E-state index contributed by atoms with van der Waals surface area (Å²) in [6.07, 6.45) is 0.861. The lowest BCUT2D eigenvalue weighted by Gasteiger charge is -2.16. The molecule has 0 fully saturated rings. The van der Waals surface area contributed by atoms with Crippen LogP contribution in [0.3, 0.4) is 0 Å². The molecular formula is C22H29N3O2. The van der Waals surface area contributed by atoms with Crippen molar-refractivity contribution in [1.29, 1.82) is 0 Å². The second-order valence-corrected chi connectivity index (χ2v) is 6.91. The highest BCUT2D eigenvalue weighted by Crippen LogP contribution is 2.09. The number of carbonyl (C=O) groups excluding carboxylic acids is 2. The van der Waals surface area contributed by atoms with Crippen LogP contribution in [0.2, 0.25) is 0 Å². The number of benzene rings is 2. The fourth-order valence-corrected chi connectivity index (χ4v) is 2.76. The topological polar surface area (TPSA) is 61.4 Å². The molecule has 0 aliphatic carbocycles. The van der Waals surface area contributed by atoms with Crippen LogP contribution >= 0.6 is 0 Å². The molecule has 5 nitrogen and oxygen atoms in total. The predicted molar refractivity (Wildman–Crippen MR) is 109 cm³/mol. The molecule has 5 heteroatoms. The minimum absolute atomic E-state index is 0.00832. The zero-order chi connectivity index (χ0) is 19.6. The molecule has 2 aromatic carbocycles. The van der Waals surface area contributed by atoms with Crippen molar-refractivity contribution in [3.63, 3.8) is 0 Å². The zero-order valence-electron chi connectivity index (χ0n) is 16.4. The molecule has 2 rings (SSSR count). The average molecular weight is 367 g/mol. The van der Waals surface area contributed by atoms with E-state index in [4.69, 9.17) is 0 Å². The summed E-state index contributed by atoms with van der Waals surface area (Å²) in [7, 11) is 2.07. The van der Waals surface area contributed by atoms with Crippen LogP contribution in [0.15, 0.2) is 48.5 Å². The summed E-state index contributed by atoms with van der Waals surface area (Å²) in [4.78, 5) is 26.2. The number of nitrogens with one attached hydrogen (secondary N) is 2. The Balaban J connectivity index is 1.61. The Hall–Kier alpha value is -2.66. The van der Waals surface area contributed by atoms with E-state index in [1.807, 2.05) is 44.2 Å². The quantitative estimate of drug-likeness (QED) is 0.670. The summed E-state index contributed by atoms with van der Waals surface area (Å²) in [6.45, 7) is 6.34. The zero-order valence-corrected chi connectivity index (χ0v) is 16.4. The lowest BCUT2D eigenvalue weighted by molar-refractivity contribution is -0.120. The van der Waals surface area contributed by atoms with Crippen molar-refractivity contribution in [2.24, 2.45) is 0 Å². The molecule has 0 aliphatic heterocycles. The Kier molecular flexibility index (Phi) is 8.01. The van der Waals surface area contributed by atoms with Gasteiger partial charge in [0.15, 0.2) is 0 Å². The van der Waals surface area contributed by atoms with E-state index in [0.717, 1.165) is 30.6 Å². The van der Waals surface area contributed by atoms with Gasteiger partial charge in [-0.15, -0.1) is 0 Å². The second-order valence-electron chi connectivity index (χ2n) is 6.91. The fraction of sp³-hybridized carbons (Fsp3) is 0.364. The van der Waals surface area contributed by atoms with Crippen LogP contribution in [-0.4, -0.2) is 43.4 Å². The second kappa shape index (κ2) is 10.5. The largest absolute Gasteiger partial charge is 0.355 e. The van der Waals surface area contributed by atoms with Gasteiger partial charge in [0.05, 0.1) is 6.54 Å². The van der Waals surface area contributed by atoms with Crippen molar-refractivity contribution < 1.29 is 9.59 Å². The maximum Gasteiger partial charge on any atom is 0.251 e. The third-order valence-corrected chi connectivity index (χ3v) is 4.51. The monoisotopic (exact) mass is 367 g/mol. The third-order valence-electron chi connectivity index (χ3n) is 4.51. The van der Waals surface area contributed by atoms with Gasteiger partial charge >= 0.3 is 0 Å². The Labute approximate surface area is 161 Å². The molecular weight excluding hydrogens is 338 g/mol. The molecule has 27 heavy (non-hydrogen) atoms. The molecule has 0 bridgehead atoms. The maximum atomic E-state index is 12.1. The number of nitrogens with zero attached hydrogens (tertiary/aromatic N) is 1. The van der Waals surface area contributed by atoms with Crippen LogP contribution in [0.4, 0.5) is 0 Å². The number of amides is 2. The van der Waals surface area contributed by atoms with Crippen molar-refractivity contribution >= 4 is 11.8 Å². The van der Waals surface area contributed by atoms with Crippen LogP contribution in [-0.2, 0) is 11.3 Å². The van der Waals surface area contributed by atoms with Crippen LogP contribution in [0.1, 0.15) is 33.5 Å². The van der Waals surface area contributed by atoms with Gasteiger partial charge in [0, 0.05) is 18.7 Å². The molecule has 0 unspecified atom stereocenters. The van der Waals surface area contributed by atoms with Gasteiger partial charge in [0.2, 0.25) is 5.91 Å². The molecule has 2 aromatic rings. The van der Waals surface area contributed by atoms with Crippen LogP contribution in [0.5, 0.6) is 0 Å². The molecule has 2 amide bonds. The molecule has 0 heterocycles. The third kappa shape index (κ3) is 7.23. The van der Waals surface area contributed by atoms with Gasteiger partial charge in [-0.25, -0.2) is 0 Å². The van der Waals surface area contributed by atoms with Crippen molar-refractivity contribution in [2.75, 3.05) is 26.7 Å². The number of rotatable bonds is 9. The number of carbonyl (C=O) groups is 2. The lowest BCUT2D eigenvalue weighted by Crippen LogP contribution is -2.38. The molecule has 144 valence electrons. The Bertz CT molecular complexity index is 759. The van der Waals surface area contributed by atoms with Gasteiger partial charge < -0.3 is 15.5 Å². The predicted octanol–water partition coefficient (Wildman–Crippen LogP) is 2.67. The molecule has 0 spiro atoms. The minimum atomic E-state index is -0.226. The summed E-state index contributed by atoms with van der Waals surface area (Å²) in [5.41, 5.74) is 4.06. The van der Waals surface area contributed by atoms with E-state index in [1.54, 1.807) is 6.07 Å². The first kappa shape index (κ1) is 20.6. The molecule has 2 N–H and O–H groups in total. The molecule has 0 radical (unpaired) electrons. The summed E-state index contributed by atoms with van der Waals surface area (Å²) in [5, 5.41) is 5.52. The van der Waals surface area contributed by atoms with Crippen molar-refractivity contribution in [1.82, 2.24) is 15.5 Å². The first-order chi connectivity index (χ1) is 13.0. The number of aryl methyl sites for hydroxylation is 2. The van der Waals surface area contributed by atoms with Crippen LogP contribution in [0.25, 0.3) is 0 Å². The molecule has 0 aliphatic rings. The number of hydrogen-bond donors (Lipinski definition) is 2.